The van der Waals surface area contributed by atoms with Gasteiger partial charge in [-0.05, 0) is 43.5 Å². The zero-order valence-electron chi connectivity index (χ0n) is 11.4. The molecule has 0 aromatic heterocycles. The first-order chi connectivity index (χ1) is 9.04. The van der Waals surface area contributed by atoms with Crippen LogP contribution in [-0.2, 0) is 16.0 Å². The van der Waals surface area contributed by atoms with Crippen molar-refractivity contribution in [3.8, 4) is 0 Å². The van der Waals surface area contributed by atoms with Crippen LogP contribution in [0, 0.1) is 0 Å². The van der Waals surface area contributed by atoms with Crippen LogP contribution in [0.5, 0.6) is 0 Å². The monoisotopic (exact) mass is 279 g/mol. The molecule has 0 bridgehead atoms. The zero-order valence-corrected chi connectivity index (χ0v) is 12.2. The lowest BCUT2D eigenvalue weighted by atomic mass is 10.1. The van der Waals surface area contributed by atoms with Crippen LogP contribution in [-0.4, -0.2) is 30.7 Å². The molecular formula is C15H18ClNO2. The molecule has 1 aromatic carbocycles. The number of carbonyl (C=O) groups excluding carboxylic acids is 1. The fourth-order valence-corrected chi connectivity index (χ4v) is 2.46. The van der Waals surface area contributed by atoms with Crippen LogP contribution in [0.1, 0.15) is 19.4 Å². The van der Waals surface area contributed by atoms with Crippen LogP contribution in [0.2, 0.25) is 5.02 Å². The highest BCUT2D eigenvalue weighted by atomic mass is 35.5. The number of hydrogen-bond donors (Lipinski definition) is 0. The predicted molar refractivity (Wildman–Crippen MR) is 76.0 cm³/mol. The first-order valence-electron chi connectivity index (χ1n) is 6.30. The molecule has 0 saturated heterocycles. The van der Waals surface area contributed by atoms with Gasteiger partial charge < -0.3 is 9.64 Å². The average molecular weight is 280 g/mol. The van der Waals surface area contributed by atoms with Gasteiger partial charge in [-0.15, -0.1) is 0 Å². The summed E-state index contributed by atoms with van der Waals surface area (Å²) in [5, 5.41) is 0.726. The van der Waals surface area contributed by atoms with E-state index >= 15 is 0 Å². The fraction of sp³-hybridized carbons (Fsp3) is 0.400. The summed E-state index contributed by atoms with van der Waals surface area (Å²) in [6.45, 7) is 4.45. The number of benzene rings is 1. The van der Waals surface area contributed by atoms with Crippen molar-refractivity contribution in [2.24, 2.45) is 0 Å². The molecule has 1 aromatic rings. The van der Waals surface area contributed by atoms with Gasteiger partial charge in [-0.3, -0.25) is 4.79 Å². The van der Waals surface area contributed by atoms with Gasteiger partial charge in [-0.2, -0.15) is 0 Å². The second-order valence-corrected chi connectivity index (χ2v) is 5.21. The summed E-state index contributed by atoms with van der Waals surface area (Å²) >= 11 is 5.85. The summed E-state index contributed by atoms with van der Waals surface area (Å²) in [6, 6.07) is 7.70. The topological polar surface area (TPSA) is 29.5 Å². The van der Waals surface area contributed by atoms with Gasteiger partial charge in [0.2, 0.25) is 0 Å². The van der Waals surface area contributed by atoms with E-state index in [1.807, 2.05) is 38.1 Å². The molecule has 1 amide bonds. The Labute approximate surface area is 118 Å². The lowest BCUT2D eigenvalue weighted by Gasteiger charge is -2.25. The highest BCUT2D eigenvalue weighted by molar-refractivity contribution is 6.30. The number of halogens is 1. The van der Waals surface area contributed by atoms with Gasteiger partial charge in [-0.25, -0.2) is 0 Å². The van der Waals surface area contributed by atoms with Crippen LogP contribution >= 0.6 is 11.6 Å². The van der Waals surface area contributed by atoms with Crippen molar-refractivity contribution in [1.82, 2.24) is 4.90 Å². The van der Waals surface area contributed by atoms with E-state index in [-0.39, 0.29) is 12.1 Å². The van der Waals surface area contributed by atoms with Crippen LogP contribution < -0.4 is 0 Å². The largest absolute Gasteiger partial charge is 0.358 e. The van der Waals surface area contributed by atoms with Gasteiger partial charge in [0.25, 0.3) is 5.91 Å². The molecule has 0 fully saturated rings. The summed E-state index contributed by atoms with van der Waals surface area (Å²) in [7, 11) is 1.63. The molecule has 19 heavy (non-hydrogen) atoms. The Balaban J connectivity index is 2.04. The van der Waals surface area contributed by atoms with Gasteiger partial charge in [0.05, 0.1) is 0 Å². The van der Waals surface area contributed by atoms with Crippen molar-refractivity contribution in [2.45, 2.75) is 26.5 Å². The van der Waals surface area contributed by atoms with Crippen molar-refractivity contribution in [1.29, 1.82) is 0 Å². The lowest BCUT2D eigenvalue weighted by Crippen LogP contribution is -2.38. The van der Waals surface area contributed by atoms with Crippen LogP contribution in [0.4, 0.5) is 0 Å². The zero-order chi connectivity index (χ0) is 14.0. The van der Waals surface area contributed by atoms with E-state index in [9.17, 15) is 4.79 Å². The predicted octanol–water partition coefficient (Wildman–Crippen LogP) is 3.03. The molecule has 3 nitrogen and oxygen atoms in total. The van der Waals surface area contributed by atoms with E-state index in [2.05, 4.69) is 0 Å². The second-order valence-electron chi connectivity index (χ2n) is 4.77. The minimum Gasteiger partial charge on any atom is -0.358 e. The van der Waals surface area contributed by atoms with Gasteiger partial charge in [0.15, 0.2) is 6.23 Å². The average Bonchev–Trinajstić information content (AvgIpc) is 2.62. The molecule has 2 rings (SSSR count). The first-order valence-corrected chi connectivity index (χ1v) is 6.68. The molecule has 0 saturated carbocycles. The number of nitrogens with zero attached hydrogens (tertiary/aromatic N) is 1. The molecule has 0 radical (unpaired) electrons. The SMILES string of the molecule is CO[C@H]1C(C)=C(C)C(=O)N1CCc1ccc(Cl)cc1. The number of methoxy groups -OCH3 is 1. The molecule has 0 spiro atoms. The highest BCUT2D eigenvalue weighted by Gasteiger charge is 2.34. The van der Waals surface area contributed by atoms with Crippen LogP contribution in [0.25, 0.3) is 0 Å². The summed E-state index contributed by atoms with van der Waals surface area (Å²) in [5.41, 5.74) is 2.96. The lowest BCUT2D eigenvalue weighted by molar-refractivity contribution is -0.133. The second kappa shape index (κ2) is 5.76. The third-order valence-electron chi connectivity index (χ3n) is 3.60. The van der Waals surface area contributed by atoms with Crippen LogP contribution in [0.3, 0.4) is 0 Å². The molecule has 102 valence electrons. The highest BCUT2D eigenvalue weighted by Crippen LogP contribution is 2.26. The smallest absolute Gasteiger partial charge is 0.251 e. The third kappa shape index (κ3) is 2.82. The molecule has 1 atom stereocenters. The van der Waals surface area contributed by atoms with E-state index in [1.165, 1.54) is 0 Å². The summed E-state index contributed by atoms with van der Waals surface area (Å²) in [4.78, 5) is 13.9. The molecule has 1 heterocycles. The van der Waals surface area contributed by atoms with Gasteiger partial charge in [0.1, 0.15) is 0 Å². The first kappa shape index (κ1) is 14.1. The van der Waals surface area contributed by atoms with E-state index < -0.39 is 0 Å². The van der Waals surface area contributed by atoms with Crippen LogP contribution in [0.15, 0.2) is 35.4 Å². The van der Waals surface area contributed by atoms with Gasteiger partial charge in [-0.1, -0.05) is 23.7 Å². The van der Waals surface area contributed by atoms with Crippen molar-refractivity contribution < 1.29 is 9.53 Å². The summed E-state index contributed by atoms with van der Waals surface area (Å²) < 4.78 is 5.41. The molecule has 1 aliphatic heterocycles. The van der Waals surface area contributed by atoms with E-state index in [0.29, 0.717) is 6.54 Å². The fourth-order valence-electron chi connectivity index (χ4n) is 2.33. The Bertz CT molecular complexity index is 507. The maximum absolute atomic E-state index is 12.1. The van der Waals surface area contributed by atoms with Crippen molar-refractivity contribution >= 4 is 17.5 Å². The maximum atomic E-state index is 12.1. The van der Waals surface area contributed by atoms with Crippen molar-refractivity contribution in [3.63, 3.8) is 0 Å². The summed E-state index contributed by atoms with van der Waals surface area (Å²) in [5.74, 6) is 0.0679. The Hall–Kier alpha value is -1.32. The van der Waals surface area contributed by atoms with Gasteiger partial charge >= 0.3 is 0 Å². The standard InChI is InChI=1S/C15H18ClNO2/c1-10-11(2)15(19-3)17(14(10)18)9-8-12-4-6-13(16)7-5-12/h4-7,15H,8-9H2,1-3H3/t15-/m0/s1. The molecule has 4 heteroatoms. The Kier molecular flexibility index (Phi) is 4.27. The van der Waals surface area contributed by atoms with E-state index in [1.54, 1.807) is 12.0 Å². The third-order valence-corrected chi connectivity index (χ3v) is 3.86. The number of hydrogen-bond acceptors (Lipinski definition) is 2. The normalized spacial score (nSPS) is 19.5. The maximum Gasteiger partial charge on any atom is 0.251 e. The Morgan fingerprint density at radius 3 is 2.47 bits per heavy atom. The summed E-state index contributed by atoms with van der Waals surface area (Å²) in [6.07, 6.45) is 0.573. The molecular weight excluding hydrogens is 262 g/mol. The number of ether oxygens (including phenoxy) is 1. The molecule has 0 N–H and O–H groups in total. The number of amides is 1. The van der Waals surface area contributed by atoms with Gasteiger partial charge in [0, 0.05) is 24.3 Å². The number of rotatable bonds is 4. The minimum atomic E-state index is -0.222. The Morgan fingerprint density at radius 1 is 1.26 bits per heavy atom. The van der Waals surface area contributed by atoms with Crippen molar-refractivity contribution in [2.75, 3.05) is 13.7 Å². The van der Waals surface area contributed by atoms with Crippen molar-refractivity contribution in [3.05, 3.63) is 46.0 Å². The quantitative estimate of drug-likeness (QED) is 0.848. The van der Waals surface area contributed by atoms with E-state index in [0.717, 1.165) is 28.2 Å². The molecule has 0 aliphatic carbocycles. The minimum absolute atomic E-state index is 0.0679. The van der Waals surface area contributed by atoms with E-state index in [4.69, 9.17) is 16.3 Å². The number of carbonyl (C=O) groups is 1. The molecule has 0 unspecified atom stereocenters. The Morgan fingerprint density at radius 2 is 1.89 bits per heavy atom. The molecule has 1 aliphatic rings.